The number of nitrogens with one attached hydrogen (secondary N) is 2. The first kappa shape index (κ1) is 23.5. The van der Waals surface area contributed by atoms with Gasteiger partial charge >= 0.3 is 6.61 Å². The summed E-state index contributed by atoms with van der Waals surface area (Å²) >= 11 is 7.40. The summed E-state index contributed by atoms with van der Waals surface area (Å²) in [6.45, 7) is -1.22. The zero-order valence-corrected chi connectivity index (χ0v) is 20.1. The number of ether oxygens (including phenoxy) is 1. The average molecular weight is 522 g/mol. The first-order chi connectivity index (χ1) is 16.8. The molecule has 5 rings (SSSR count). The van der Waals surface area contributed by atoms with Crippen molar-refractivity contribution in [3.63, 3.8) is 0 Å². The van der Waals surface area contributed by atoms with Gasteiger partial charge in [0.05, 0.1) is 17.6 Å². The van der Waals surface area contributed by atoms with Gasteiger partial charge in [-0.05, 0) is 37.0 Å². The van der Waals surface area contributed by atoms with Crippen molar-refractivity contribution < 1.29 is 18.3 Å². The van der Waals surface area contributed by atoms with E-state index in [4.69, 9.17) is 22.1 Å². The molecule has 0 aliphatic carbocycles. The van der Waals surface area contributed by atoms with Crippen LogP contribution in [0.4, 0.5) is 37.6 Å². The Balaban J connectivity index is 1.39. The number of piperazine rings is 1. The molecule has 4 N–H and O–H groups in total. The maximum atomic E-state index is 13.2. The quantitative estimate of drug-likeness (QED) is 0.403. The van der Waals surface area contributed by atoms with Crippen molar-refractivity contribution in [3.05, 3.63) is 45.7 Å². The Hall–Kier alpha value is -3.22. The van der Waals surface area contributed by atoms with Gasteiger partial charge in [-0.1, -0.05) is 11.6 Å². The highest BCUT2D eigenvalue weighted by Gasteiger charge is 2.41. The predicted molar refractivity (Wildman–Crippen MR) is 132 cm³/mol. The highest BCUT2D eigenvalue weighted by Crippen LogP contribution is 2.38. The molecule has 0 radical (unpaired) electrons. The lowest BCUT2D eigenvalue weighted by atomic mass is 10.2. The summed E-state index contributed by atoms with van der Waals surface area (Å²) in [5, 5.41) is 7.80. The Morgan fingerprint density at radius 3 is 2.77 bits per heavy atom. The second-order valence-electron chi connectivity index (χ2n) is 8.36. The second kappa shape index (κ2) is 9.44. The number of primary amides is 1. The Labute approximate surface area is 208 Å². The number of amides is 1. The molecule has 2 aliphatic heterocycles. The van der Waals surface area contributed by atoms with Crippen molar-refractivity contribution >= 4 is 57.7 Å². The molecule has 1 amide bonds. The van der Waals surface area contributed by atoms with Crippen LogP contribution in [0.15, 0.2) is 35.8 Å². The third-order valence-electron chi connectivity index (χ3n) is 6.16. The van der Waals surface area contributed by atoms with Gasteiger partial charge < -0.3 is 26.0 Å². The lowest BCUT2D eigenvalue weighted by molar-refractivity contribution is -0.0493. The summed E-state index contributed by atoms with van der Waals surface area (Å²) in [4.78, 5) is 24.9. The standard InChI is InChI=1S/C22H22ClF2N7O2S/c1-31-9-13-6-12(31)10-32(13)11-2-3-15(17(7-11)34-21(24)25)29-22-27-8-14(23)20(30-22)28-16-4-5-35-18(16)19(26)33/h2-5,7-8,12-13,21H,6,9-10H2,1H3,(H2,26,33)(H2,27,28,29,30)/t12-,13-/m1/s1. The lowest BCUT2D eigenvalue weighted by Gasteiger charge is -2.34. The van der Waals surface area contributed by atoms with Crippen molar-refractivity contribution in [2.24, 2.45) is 5.73 Å². The first-order valence-corrected chi connectivity index (χ1v) is 12.0. The van der Waals surface area contributed by atoms with E-state index >= 15 is 0 Å². The van der Waals surface area contributed by atoms with E-state index in [0.717, 1.165) is 25.2 Å². The molecule has 2 atom stereocenters. The van der Waals surface area contributed by atoms with Gasteiger partial charge in [0.25, 0.3) is 5.91 Å². The molecular weight excluding hydrogens is 500 g/mol. The minimum atomic E-state index is -3.00. The van der Waals surface area contributed by atoms with Crippen LogP contribution in [0.1, 0.15) is 16.1 Å². The van der Waals surface area contributed by atoms with Crippen molar-refractivity contribution in [1.29, 1.82) is 0 Å². The van der Waals surface area contributed by atoms with E-state index in [1.54, 1.807) is 23.6 Å². The van der Waals surface area contributed by atoms with E-state index in [1.165, 1.54) is 17.5 Å². The first-order valence-electron chi connectivity index (χ1n) is 10.8. The molecule has 0 spiro atoms. The van der Waals surface area contributed by atoms with Crippen molar-refractivity contribution in [3.8, 4) is 5.75 Å². The molecule has 0 unspecified atom stereocenters. The number of hydrogen-bond donors (Lipinski definition) is 3. The van der Waals surface area contributed by atoms with Gasteiger partial charge in [-0.3, -0.25) is 9.69 Å². The molecule has 1 aromatic carbocycles. The number of likely N-dealkylation sites (N-methyl/N-ethyl adjacent to an activating group) is 1. The Morgan fingerprint density at radius 2 is 2.09 bits per heavy atom. The third-order valence-corrected chi connectivity index (χ3v) is 7.37. The molecule has 2 aliphatic rings. The highest BCUT2D eigenvalue weighted by atomic mass is 35.5. The molecule has 2 fully saturated rings. The molecule has 2 bridgehead atoms. The molecule has 0 saturated carbocycles. The number of rotatable bonds is 8. The van der Waals surface area contributed by atoms with E-state index < -0.39 is 12.5 Å². The fourth-order valence-corrected chi connectivity index (χ4v) is 5.37. The van der Waals surface area contributed by atoms with Crippen molar-refractivity contribution in [2.75, 3.05) is 35.7 Å². The van der Waals surface area contributed by atoms with Crippen LogP contribution in [0.25, 0.3) is 0 Å². The van der Waals surface area contributed by atoms with Crippen LogP contribution in [-0.4, -0.2) is 59.6 Å². The van der Waals surface area contributed by atoms with Crippen LogP contribution in [-0.2, 0) is 0 Å². The van der Waals surface area contributed by atoms with E-state index in [9.17, 15) is 13.6 Å². The zero-order valence-electron chi connectivity index (χ0n) is 18.5. The van der Waals surface area contributed by atoms with Gasteiger partial charge in [-0.2, -0.15) is 13.8 Å². The van der Waals surface area contributed by atoms with Crippen molar-refractivity contribution in [1.82, 2.24) is 14.9 Å². The van der Waals surface area contributed by atoms with Crippen LogP contribution in [0.3, 0.4) is 0 Å². The number of benzene rings is 1. The van der Waals surface area contributed by atoms with Crippen LogP contribution < -0.4 is 26.0 Å². The van der Waals surface area contributed by atoms with Gasteiger partial charge in [0.15, 0.2) is 11.6 Å². The van der Waals surface area contributed by atoms with Gasteiger partial charge in [0, 0.05) is 36.9 Å². The van der Waals surface area contributed by atoms with Gasteiger partial charge in [-0.25, -0.2) is 4.98 Å². The maximum Gasteiger partial charge on any atom is 0.387 e. The third kappa shape index (κ3) is 4.81. The SMILES string of the molecule is CN1C[C@H]2C[C@@H]1CN2c1ccc(Nc2ncc(Cl)c(Nc3ccsc3C(N)=O)n2)c(OC(F)F)c1. The zero-order chi connectivity index (χ0) is 24.7. The summed E-state index contributed by atoms with van der Waals surface area (Å²) in [5.41, 5.74) is 6.94. The number of likely N-dealkylation sites (tertiary alicyclic amines) is 1. The Morgan fingerprint density at radius 1 is 1.26 bits per heavy atom. The van der Waals surface area contributed by atoms with Crippen molar-refractivity contribution in [2.45, 2.75) is 25.1 Å². The monoisotopic (exact) mass is 521 g/mol. The van der Waals surface area contributed by atoms with Gasteiger partial charge in [0.2, 0.25) is 5.95 Å². The number of halogens is 3. The number of hydrogen-bond acceptors (Lipinski definition) is 9. The minimum absolute atomic E-state index is 0.0180. The second-order valence-corrected chi connectivity index (χ2v) is 9.69. The fraction of sp³-hybridized carbons (Fsp3) is 0.318. The summed E-state index contributed by atoms with van der Waals surface area (Å²) in [6.07, 6.45) is 2.41. The lowest BCUT2D eigenvalue weighted by Crippen LogP contribution is -2.44. The number of carbonyl (C=O) groups is 1. The van der Waals surface area contributed by atoms with Crippen LogP contribution in [0, 0.1) is 0 Å². The normalized spacial score (nSPS) is 19.4. The summed E-state index contributed by atoms with van der Waals surface area (Å²) < 4.78 is 31.3. The maximum absolute atomic E-state index is 13.2. The van der Waals surface area contributed by atoms with Crippen LogP contribution >= 0.6 is 22.9 Å². The van der Waals surface area contributed by atoms with E-state index in [1.807, 2.05) is 6.07 Å². The molecule has 13 heteroatoms. The van der Waals surface area contributed by atoms with Crippen LogP contribution in [0.2, 0.25) is 5.02 Å². The van der Waals surface area contributed by atoms with Crippen LogP contribution in [0.5, 0.6) is 5.75 Å². The van der Waals surface area contributed by atoms with Gasteiger partial charge in [0.1, 0.15) is 9.90 Å². The van der Waals surface area contributed by atoms with E-state index in [0.29, 0.717) is 22.6 Å². The topological polar surface area (TPSA) is 109 Å². The van der Waals surface area contributed by atoms with E-state index in [-0.39, 0.29) is 28.2 Å². The summed E-state index contributed by atoms with van der Waals surface area (Å²) in [6, 6.07) is 7.61. The number of anilines is 5. The highest BCUT2D eigenvalue weighted by molar-refractivity contribution is 7.12. The predicted octanol–water partition coefficient (Wildman–Crippen LogP) is 4.27. The number of alkyl halides is 2. The average Bonchev–Trinajstić information content (AvgIpc) is 3.52. The fourth-order valence-electron chi connectivity index (χ4n) is 4.53. The molecule has 4 heterocycles. The number of nitrogens with two attached hydrogens (primary N) is 1. The number of carbonyl (C=O) groups excluding carboxylic acids is 1. The number of aromatic nitrogens is 2. The number of fused-ring (bicyclic) bond motifs is 2. The van der Waals surface area contributed by atoms with Gasteiger partial charge in [-0.15, -0.1) is 11.3 Å². The smallest absolute Gasteiger partial charge is 0.387 e. The molecule has 2 aromatic heterocycles. The van der Waals surface area contributed by atoms with E-state index in [2.05, 4.69) is 37.4 Å². The molecule has 184 valence electrons. The molecule has 35 heavy (non-hydrogen) atoms. The number of thiophene rings is 1. The molecular formula is C22H22ClF2N7O2S. The summed E-state index contributed by atoms with van der Waals surface area (Å²) in [7, 11) is 2.10. The Bertz CT molecular complexity index is 1260. The Kier molecular flexibility index (Phi) is 6.34. The minimum Gasteiger partial charge on any atom is -0.433 e. The molecule has 2 saturated heterocycles. The molecule has 3 aromatic rings. The summed E-state index contributed by atoms with van der Waals surface area (Å²) in [5.74, 6) is -0.287. The number of nitrogens with zero attached hydrogens (tertiary/aromatic N) is 4. The molecule has 9 nitrogen and oxygen atoms in total. The largest absolute Gasteiger partial charge is 0.433 e.